The largest absolute Gasteiger partial charge is 0.497 e. The molecule has 1 N–H and O–H groups in total. The minimum absolute atomic E-state index is 0.0591. The molecular weight excluding hydrogens is 465 g/mol. The molecule has 2 aromatic carbocycles. The van der Waals surface area contributed by atoms with Crippen molar-refractivity contribution >= 4 is 35.4 Å². The van der Waals surface area contributed by atoms with E-state index in [0.29, 0.717) is 29.5 Å². The maximum absolute atomic E-state index is 12.8. The highest BCUT2D eigenvalue weighted by molar-refractivity contribution is 6.35. The van der Waals surface area contributed by atoms with Crippen LogP contribution in [0.2, 0.25) is 10.0 Å². The Bertz CT molecular complexity index is 1420. The number of benzene rings is 2. The van der Waals surface area contributed by atoms with Gasteiger partial charge in [-0.05, 0) is 41.8 Å². The Kier molecular flexibility index (Phi) is 6.82. The summed E-state index contributed by atoms with van der Waals surface area (Å²) in [7, 11) is 1.61. The number of rotatable bonds is 7. The van der Waals surface area contributed by atoms with E-state index < -0.39 is 5.76 Å². The predicted molar refractivity (Wildman–Crippen MR) is 129 cm³/mol. The van der Waals surface area contributed by atoms with E-state index in [9.17, 15) is 9.59 Å². The highest BCUT2D eigenvalue weighted by atomic mass is 35.5. The van der Waals surface area contributed by atoms with Crippen LogP contribution in [0.5, 0.6) is 5.75 Å². The van der Waals surface area contributed by atoms with Crippen molar-refractivity contribution < 1.29 is 9.26 Å². The number of nitrogens with one attached hydrogen (secondary N) is 1. The van der Waals surface area contributed by atoms with Gasteiger partial charge in [0.2, 0.25) is 0 Å². The average molecular weight is 484 g/mol. The highest BCUT2D eigenvalue weighted by Gasteiger charge is 2.12. The van der Waals surface area contributed by atoms with Gasteiger partial charge in [0.25, 0.3) is 5.56 Å². The second kappa shape index (κ2) is 9.94. The van der Waals surface area contributed by atoms with Crippen LogP contribution < -0.4 is 16.1 Å². The number of methoxy groups -OCH3 is 1. The molecule has 0 saturated carbocycles. The minimum atomic E-state index is -0.610. The van der Waals surface area contributed by atoms with Crippen LogP contribution in [0, 0.1) is 0 Å². The number of aromatic nitrogens is 3. The summed E-state index contributed by atoms with van der Waals surface area (Å²) in [5, 5.41) is 4.11. The van der Waals surface area contributed by atoms with Crippen LogP contribution in [-0.2, 0) is 13.0 Å². The second-order valence-corrected chi connectivity index (χ2v) is 8.00. The summed E-state index contributed by atoms with van der Waals surface area (Å²) in [5.74, 6) is 0.477. The standard InChI is InChI=1S/C24H19Cl2N3O4/c1-32-18-4-2-3-16(13-18)7-10-21-19(25)14-20(26)23(30)29(21)12-11-15-5-8-17(9-6-15)22-27-24(31)33-28-22/h2-10,13-14H,11-12H2,1H3,(H,27,28,31). The van der Waals surface area contributed by atoms with E-state index in [1.807, 2.05) is 54.6 Å². The number of aromatic amines is 1. The topological polar surface area (TPSA) is 90.1 Å². The molecule has 0 bridgehead atoms. The fourth-order valence-corrected chi connectivity index (χ4v) is 3.89. The smallest absolute Gasteiger partial charge is 0.439 e. The zero-order chi connectivity index (χ0) is 23.4. The molecule has 0 radical (unpaired) electrons. The number of hydrogen-bond acceptors (Lipinski definition) is 5. The molecular formula is C24H19Cl2N3O4. The van der Waals surface area contributed by atoms with E-state index in [4.69, 9.17) is 27.9 Å². The number of hydrogen-bond donors (Lipinski definition) is 1. The van der Waals surface area contributed by atoms with Gasteiger partial charge in [-0.2, -0.15) is 0 Å². The molecule has 9 heteroatoms. The molecule has 0 aliphatic rings. The Morgan fingerprint density at radius 2 is 1.85 bits per heavy atom. The maximum Gasteiger partial charge on any atom is 0.439 e. The molecule has 2 heterocycles. The summed E-state index contributed by atoms with van der Waals surface area (Å²) >= 11 is 12.6. The fraction of sp³-hybridized carbons (Fsp3) is 0.125. The van der Waals surface area contributed by atoms with E-state index in [0.717, 1.165) is 22.4 Å². The predicted octanol–water partition coefficient (Wildman–Crippen LogP) is 4.92. The first-order chi connectivity index (χ1) is 15.9. The van der Waals surface area contributed by atoms with Crippen LogP contribution in [-0.4, -0.2) is 21.8 Å². The third-order valence-electron chi connectivity index (χ3n) is 5.06. The number of aryl methyl sites for hydroxylation is 1. The molecule has 0 spiro atoms. The van der Waals surface area contributed by atoms with Crippen molar-refractivity contribution in [3.63, 3.8) is 0 Å². The van der Waals surface area contributed by atoms with E-state index in [2.05, 4.69) is 14.7 Å². The summed E-state index contributed by atoms with van der Waals surface area (Å²) in [6.07, 6.45) is 4.21. The van der Waals surface area contributed by atoms with Gasteiger partial charge in [-0.25, -0.2) is 4.79 Å². The minimum Gasteiger partial charge on any atom is -0.497 e. The third kappa shape index (κ3) is 5.27. The van der Waals surface area contributed by atoms with Gasteiger partial charge in [0.1, 0.15) is 10.8 Å². The van der Waals surface area contributed by atoms with Crippen molar-refractivity contribution in [1.82, 2.24) is 14.7 Å². The van der Waals surface area contributed by atoms with Crippen LogP contribution >= 0.6 is 23.2 Å². The molecule has 0 aliphatic heterocycles. The number of pyridine rings is 1. The fourth-order valence-electron chi connectivity index (χ4n) is 3.35. The molecule has 4 aromatic rings. The number of H-pyrrole nitrogens is 1. The molecule has 0 amide bonds. The van der Waals surface area contributed by atoms with Gasteiger partial charge in [-0.3, -0.25) is 14.3 Å². The van der Waals surface area contributed by atoms with Crippen molar-refractivity contribution in [3.05, 3.63) is 102 Å². The molecule has 0 aliphatic carbocycles. The number of ether oxygens (including phenoxy) is 1. The average Bonchev–Trinajstić information content (AvgIpc) is 3.26. The van der Waals surface area contributed by atoms with Gasteiger partial charge in [-0.15, -0.1) is 0 Å². The van der Waals surface area contributed by atoms with Gasteiger partial charge < -0.3 is 9.30 Å². The molecule has 4 rings (SSSR count). The van der Waals surface area contributed by atoms with Gasteiger partial charge >= 0.3 is 5.76 Å². The van der Waals surface area contributed by atoms with Crippen LogP contribution in [0.1, 0.15) is 16.8 Å². The number of nitrogens with zero attached hydrogens (tertiary/aromatic N) is 2. The Hall–Kier alpha value is -3.55. The van der Waals surface area contributed by atoms with Crippen LogP contribution in [0.15, 0.2) is 68.7 Å². The van der Waals surface area contributed by atoms with Crippen LogP contribution in [0.25, 0.3) is 23.5 Å². The normalized spacial score (nSPS) is 11.2. The highest BCUT2D eigenvalue weighted by Crippen LogP contribution is 2.22. The van der Waals surface area contributed by atoms with Crippen molar-refractivity contribution in [2.45, 2.75) is 13.0 Å². The quantitative estimate of drug-likeness (QED) is 0.402. The summed E-state index contributed by atoms with van der Waals surface area (Å²) in [6.45, 7) is 0.372. The molecule has 0 fully saturated rings. The molecule has 2 aromatic heterocycles. The van der Waals surface area contributed by atoms with Crippen LogP contribution in [0.4, 0.5) is 0 Å². The van der Waals surface area contributed by atoms with Gasteiger partial charge in [0.15, 0.2) is 5.82 Å². The van der Waals surface area contributed by atoms with E-state index in [-0.39, 0.29) is 10.6 Å². The Labute approximate surface area is 198 Å². The summed E-state index contributed by atoms with van der Waals surface area (Å²) in [5.41, 5.74) is 2.85. The van der Waals surface area contributed by atoms with E-state index >= 15 is 0 Å². The molecule has 0 atom stereocenters. The van der Waals surface area contributed by atoms with Crippen molar-refractivity contribution in [3.8, 4) is 17.1 Å². The molecule has 7 nitrogen and oxygen atoms in total. The second-order valence-electron chi connectivity index (χ2n) is 7.18. The lowest BCUT2D eigenvalue weighted by atomic mass is 10.1. The lowest BCUT2D eigenvalue weighted by Crippen LogP contribution is -2.24. The van der Waals surface area contributed by atoms with Crippen molar-refractivity contribution in [1.29, 1.82) is 0 Å². The third-order valence-corrected chi connectivity index (χ3v) is 5.63. The Balaban J connectivity index is 1.58. The maximum atomic E-state index is 12.8. The van der Waals surface area contributed by atoms with E-state index in [1.165, 1.54) is 6.07 Å². The first-order valence-electron chi connectivity index (χ1n) is 10.0. The zero-order valence-corrected chi connectivity index (χ0v) is 19.1. The first kappa shape index (κ1) is 22.6. The van der Waals surface area contributed by atoms with Gasteiger partial charge in [0.05, 0.1) is 17.8 Å². The summed E-state index contributed by atoms with van der Waals surface area (Å²) < 4.78 is 11.3. The van der Waals surface area contributed by atoms with Crippen molar-refractivity contribution in [2.24, 2.45) is 0 Å². The first-order valence-corrected chi connectivity index (χ1v) is 10.8. The van der Waals surface area contributed by atoms with Crippen LogP contribution in [0.3, 0.4) is 0 Å². The molecule has 0 saturated heterocycles. The zero-order valence-electron chi connectivity index (χ0n) is 17.5. The lowest BCUT2D eigenvalue weighted by molar-refractivity contribution is 0.388. The van der Waals surface area contributed by atoms with Gasteiger partial charge in [-0.1, -0.05) is 70.8 Å². The Morgan fingerprint density at radius 1 is 1.06 bits per heavy atom. The molecule has 33 heavy (non-hydrogen) atoms. The summed E-state index contributed by atoms with van der Waals surface area (Å²) in [4.78, 5) is 26.4. The van der Waals surface area contributed by atoms with E-state index in [1.54, 1.807) is 17.8 Å². The monoisotopic (exact) mass is 483 g/mol. The molecule has 168 valence electrons. The lowest BCUT2D eigenvalue weighted by Gasteiger charge is -2.13. The SMILES string of the molecule is COc1cccc(C=Cc2c(Cl)cc(Cl)c(=O)n2CCc2ccc(-c3noc(=O)[nH]3)cc2)c1. The van der Waals surface area contributed by atoms with Gasteiger partial charge in [0, 0.05) is 12.1 Å². The summed E-state index contributed by atoms with van der Waals surface area (Å²) in [6, 6.07) is 16.4. The van der Waals surface area contributed by atoms with Crippen molar-refractivity contribution in [2.75, 3.05) is 7.11 Å². The molecule has 0 unspecified atom stereocenters. The Morgan fingerprint density at radius 3 is 2.55 bits per heavy atom. The number of halogens is 2.